The van der Waals surface area contributed by atoms with Crippen LogP contribution in [0, 0.1) is 5.92 Å². The molecule has 0 bridgehead atoms. The predicted molar refractivity (Wildman–Crippen MR) is 65.4 cm³/mol. The van der Waals surface area contributed by atoms with E-state index in [1.54, 1.807) is 6.92 Å². The average Bonchev–Trinajstić information content (AvgIpc) is 2.78. The predicted octanol–water partition coefficient (Wildman–Crippen LogP) is 2.29. The van der Waals surface area contributed by atoms with Crippen molar-refractivity contribution in [3.63, 3.8) is 0 Å². The number of carbonyl (C=O) groups is 1. The van der Waals surface area contributed by atoms with Gasteiger partial charge in [-0.1, -0.05) is 19.0 Å². The minimum absolute atomic E-state index is 0.0761. The third kappa shape index (κ3) is 2.77. The van der Waals surface area contributed by atoms with Gasteiger partial charge in [-0.15, -0.1) is 0 Å². The third-order valence-corrected chi connectivity index (χ3v) is 3.41. The smallest absolute Gasteiger partial charge is 0.237 e. The summed E-state index contributed by atoms with van der Waals surface area (Å²) >= 11 is 0. The Bertz CT molecular complexity index is 408. The van der Waals surface area contributed by atoms with Gasteiger partial charge < -0.3 is 9.26 Å². The maximum atomic E-state index is 11.6. The van der Waals surface area contributed by atoms with Crippen molar-refractivity contribution >= 4 is 5.78 Å². The van der Waals surface area contributed by atoms with Crippen molar-refractivity contribution in [1.82, 2.24) is 10.1 Å². The van der Waals surface area contributed by atoms with Gasteiger partial charge in [-0.3, -0.25) is 4.79 Å². The monoisotopic (exact) mass is 252 g/mol. The minimum Gasteiger partial charge on any atom is -0.381 e. The van der Waals surface area contributed by atoms with Crippen LogP contribution < -0.4 is 0 Å². The van der Waals surface area contributed by atoms with Gasteiger partial charge in [-0.05, 0) is 25.7 Å². The van der Waals surface area contributed by atoms with Crippen LogP contribution >= 0.6 is 0 Å². The van der Waals surface area contributed by atoms with Crippen molar-refractivity contribution in [2.75, 3.05) is 13.2 Å². The second kappa shape index (κ2) is 5.61. The topological polar surface area (TPSA) is 65.2 Å². The largest absolute Gasteiger partial charge is 0.381 e. The molecule has 1 aromatic rings. The molecule has 1 fully saturated rings. The molecule has 0 aromatic carbocycles. The summed E-state index contributed by atoms with van der Waals surface area (Å²) in [5, 5.41) is 4.03. The number of ether oxygens (including phenoxy) is 1. The highest BCUT2D eigenvalue weighted by Gasteiger charge is 2.29. The minimum atomic E-state index is -0.286. The number of rotatable bonds is 4. The van der Waals surface area contributed by atoms with Gasteiger partial charge in [0.2, 0.25) is 5.89 Å². The summed E-state index contributed by atoms with van der Waals surface area (Å²) < 4.78 is 10.6. The molecule has 0 amide bonds. The van der Waals surface area contributed by atoms with Crippen LogP contribution in [-0.4, -0.2) is 29.1 Å². The summed E-state index contributed by atoms with van der Waals surface area (Å²) in [7, 11) is 0. The average molecular weight is 252 g/mol. The molecule has 1 saturated heterocycles. The first kappa shape index (κ1) is 13.2. The quantitative estimate of drug-likeness (QED) is 0.822. The maximum Gasteiger partial charge on any atom is 0.237 e. The number of carbonyl (C=O) groups excluding carboxylic acids is 1. The van der Waals surface area contributed by atoms with Crippen molar-refractivity contribution in [3.8, 4) is 0 Å². The van der Waals surface area contributed by atoms with Crippen LogP contribution in [0.4, 0.5) is 0 Å². The van der Waals surface area contributed by atoms with Crippen molar-refractivity contribution in [3.05, 3.63) is 11.7 Å². The number of nitrogens with zero attached hydrogens (tertiary/aromatic N) is 2. The van der Waals surface area contributed by atoms with Gasteiger partial charge in [-0.25, -0.2) is 0 Å². The Labute approximate surface area is 107 Å². The van der Waals surface area contributed by atoms with Gasteiger partial charge >= 0.3 is 0 Å². The van der Waals surface area contributed by atoms with Crippen LogP contribution in [-0.2, 0) is 9.53 Å². The molecule has 18 heavy (non-hydrogen) atoms. The molecule has 5 heteroatoms. The second-order valence-corrected chi connectivity index (χ2v) is 5.21. The first-order valence-corrected chi connectivity index (χ1v) is 6.51. The van der Waals surface area contributed by atoms with E-state index in [9.17, 15) is 4.79 Å². The van der Waals surface area contributed by atoms with Crippen molar-refractivity contribution in [1.29, 1.82) is 0 Å². The van der Waals surface area contributed by atoms with Gasteiger partial charge in [0.05, 0.1) is 5.92 Å². The number of hydrogen-bond donors (Lipinski definition) is 0. The van der Waals surface area contributed by atoms with Crippen LogP contribution in [0.25, 0.3) is 0 Å². The molecular weight excluding hydrogens is 232 g/mol. The van der Waals surface area contributed by atoms with E-state index >= 15 is 0 Å². The summed E-state index contributed by atoms with van der Waals surface area (Å²) in [6.45, 7) is 7.04. The molecular formula is C13H20N2O3. The number of Topliss-reactive ketones (excluding diaryl/α,β-unsaturated/α-hetero) is 1. The van der Waals surface area contributed by atoms with E-state index in [0.717, 1.165) is 31.9 Å². The lowest BCUT2D eigenvalue weighted by molar-refractivity contribution is -0.119. The molecule has 1 unspecified atom stereocenters. The Hall–Kier alpha value is -1.23. The zero-order chi connectivity index (χ0) is 13.1. The fraction of sp³-hybridized carbons (Fsp3) is 0.769. The van der Waals surface area contributed by atoms with E-state index in [1.807, 2.05) is 13.8 Å². The van der Waals surface area contributed by atoms with Crippen molar-refractivity contribution in [2.24, 2.45) is 5.92 Å². The lowest BCUT2D eigenvalue weighted by Crippen LogP contribution is -2.17. The molecule has 2 heterocycles. The van der Waals surface area contributed by atoms with E-state index in [4.69, 9.17) is 9.26 Å². The first-order chi connectivity index (χ1) is 8.59. The summed E-state index contributed by atoms with van der Waals surface area (Å²) in [4.78, 5) is 16.0. The van der Waals surface area contributed by atoms with Crippen LogP contribution in [0.1, 0.15) is 57.2 Å². The van der Waals surface area contributed by atoms with Gasteiger partial charge in [0.25, 0.3) is 0 Å². The van der Waals surface area contributed by atoms with Gasteiger partial charge in [-0.2, -0.15) is 4.98 Å². The summed E-state index contributed by atoms with van der Waals surface area (Å²) in [5.41, 5.74) is 0. The molecule has 100 valence electrons. The molecule has 0 saturated carbocycles. The Morgan fingerprint density at radius 2 is 2.00 bits per heavy atom. The zero-order valence-corrected chi connectivity index (χ0v) is 11.2. The van der Waals surface area contributed by atoms with Crippen molar-refractivity contribution in [2.45, 2.75) is 45.4 Å². The number of aromatic nitrogens is 2. The molecule has 1 aliphatic rings. The van der Waals surface area contributed by atoms with Gasteiger partial charge in [0, 0.05) is 19.1 Å². The van der Waals surface area contributed by atoms with Gasteiger partial charge in [0.15, 0.2) is 5.82 Å². The number of ketones is 1. The molecule has 5 nitrogen and oxygen atoms in total. The standard InChI is InChI=1S/C13H20N2O3/c1-8(2)11(9(3)16)13-14-12(15-18-13)10-4-6-17-7-5-10/h8,10-11H,4-7H2,1-3H3. The Kier molecular flexibility index (Phi) is 4.11. The van der Waals surface area contributed by atoms with E-state index in [2.05, 4.69) is 10.1 Å². The van der Waals surface area contributed by atoms with E-state index in [0.29, 0.717) is 11.8 Å². The SMILES string of the molecule is CC(=O)C(c1nc(C2CCOCC2)no1)C(C)C. The Morgan fingerprint density at radius 1 is 1.33 bits per heavy atom. The lowest BCUT2D eigenvalue weighted by Gasteiger charge is -2.18. The molecule has 0 N–H and O–H groups in total. The Morgan fingerprint density at radius 3 is 2.56 bits per heavy atom. The van der Waals surface area contributed by atoms with Crippen LogP contribution in [0.3, 0.4) is 0 Å². The molecule has 1 atom stereocenters. The first-order valence-electron chi connectivity index (χ1n) is 6.51. The molecule has 0 radical (unpaired) electrons. The fourth-order valence-corrected chi connectivity index (χ4v) is 2.42. The highest BCUT2D eigenvalue weighted by Crippen LogP contribution is 2.28. The highest BCUT2D eigenvalue weighted by atomic mass is 16.5. The summed E-state index contributed by atoms with van der Waals surface area (Å²) in [6.07, 6.45) is 1.84. The van der Waals surface area contributed by atoms with Crippen molar-refractivity contribution < 1.29 is 14.1 Å². The van der Waals surface area contributed by atoms with E-state index < -0.39 is 0 Å². The van der Waals surface area contributed by atoms with Crippen LogP contribution in [0.5, 0.6) is 0 Å². The van der Waals surface area contributed by atoms with Gasteiger partial charge in [0.1, 0.15) is 5.78 Å². The van der Waals surface area contributed by atoms with Crippen LogP contribution in [0.2, 0.25) is 0 Å². The molecule has 0 spiro atoms. The molecule has 0 aliphatic carbocycles. The highest BCUT2D eigenvalue weighted by molar-refractivity contribution is 5.82. The summed E-state index contributed by atoms with van der Waals surface area (Å²) in [5.74, 6) is 1.44. The van der Waals surface area contributed by atoms with E-state index in [1.165, 1.54) is 0 Å². The summed E-state index contributed by atoms with van der Waals surface area (Å²) in [6, 6.07) is 0. The fourth-order valence-electron chi connectivity index (χ4n) is 2.42. The Balaban J connectivity index is 2.15. The van der Waals surface area contributed by atoms with Crippen LogP contribution in [0.15, 0.2) is 4.52 Å². The second-order valence-electron chi connectivity index (χ2n) is 5.21. The normalized spacial score (nSPS) is 19.1. The molecule has 2 rings (SSSR count). The molecule has 1 aromatic heterocycles. The maximum absolute atomic E-state index is 11.6. The number of hydrogen-bond acceptors (Lipinski definition) is 5. The molecule has 1 aliphatic heterocycles. The third-order valence-electron chi connectivity index (χ3n) is 3.41. The van der Waals surface area contributed by atoms with E-state index in [-0.39, 0.29) is 17.6 Å². The lowest BCUT2D eigenvalue weighted by atomic mass is 9.92. The zero-order valence-electron chi connectivity index (χ0n) is 11.2.